The van der Waals surface area contributed by atoms with Crippen LogP contribution < -0.4 is 11.3 Å². The van der Waals surface area contributed by atoms with Gasteiger partial charge in [0.1, 0.15) is 0 Å². The molecule has 1 aromatic heterocycles. The molecule has 19 heavy (non-hydrogen) atoms. The van der Waals surface area contributed by atoms with E-state index >= 15 is 0 Å². The van der Waals surface area contributed by atoms with Crippen LogP contribution in [0.3, 0.4) is 0 Å². The van der Waals surface area contributed by atoms with E-state index < -0.39 is 0 Å². The van der Waals surface area contributed by atoms with E-state index in [9.17, 15) is 4.79 Å². The van der Waals surface area contributed by atoms with Crippen molar-refractivity contribution in [2.75, 3.05) is 0 Å². The zero-order valence-electron chi connectivity index (χ0n) is 11.1. The Bertz CT molecular complexity index is 580. The topological polar surface area (TPSA) is 55.1 Å². The van der Waals surface area contributed by atoms with Gasteiger partial charge >= 0.3 is 0 Å². The van der Waals surface area contributed by atoms with E-state index in [1.54, 1.807) is 0 Å². The fourth-order valence-electron chi connectivity index (χ4n) is 1.83. The van der Waals surface area contributed by atoms with Gasteiger partial charge in [0.15, 0.2) is 0 Å². The lowest BCUT2D eigenvalue weighted by molar-refractivity contribution is 0.0957. The maximum absolute atomic E-state index is 11.9. The third-order valence-corrected chi connectivity index (χ3v) is 5.69. The average Bonchev–Trinajstić information content (AvgIpc) is 2.82. The third-order valence-electron chi connectivity index (χ3n) is 3.12. The maximum Gasteiger partial charge on any atom is 0.275 e. The van der Waals surface area contributed by atoms with Gasteiger partial charge in [-0.2, -0.15) is 11.8 Å². The molecule has 1 aromatic carbocycles. The summed E-state index contributed by atoms with van der Waals surface area (Å²) in [4.78, 5) is 12.6. The first kappa shape index (κ1) is 14.4. The molecule has 2 rings (SSSR count). The van der Waals surface area contributed by atoms with Crippen molar-refractivity contribution in [2.45, 2.75) is 31.3 Å². The van der Waals surface area contributed by atoms with Crippen LogP contribution in [0.4, 0.5) is 0 Å². The van der Waals surface area contributed by atoms with Gasteiger partial charge in [-0.05, 0) is 23.4 Å². The Morgan fingerprint density at radius 3 is 2.89 bits per heavy atom. The van der Waals surface area contributed by atoms with E-state index in [0.717, 1.165) is 27.3 Å². The highest BCUT2D eigenvalue weighted by Gasteiger charge is 2.17. The van der Waals surface area contributed by atoms with Crippen molar-refractivity contribution in [3.05, 3.63) is 34.7 Å². The predicted molar refractivity (Wildman–Crippen MR) is 84.5 cm³/mol. The van der Waals surface area contributed by atoms with Crippen LogP contribution in [0.25, 0.3) is 10.1 Å². The Morgan fingerprint density at radius 2 is 2.21 bits per heavy atom. The largest absolute Gasteiger partial charge is 0.289 e. The molecule has 1 unspecified atom stereocenters. The normalized spacial score (nSPS) is 12.6. The molecule has 0 radical (unpaired) electrons. The van der Waals surface area contributed by atoms with Crippen LogP contribution in [0.5, 0.6) is 0 Å². The lowest BCUT2D eigenvalue weighted by atomic mass is 10.1. The number of benzene rings is 1. The van der Waals surface area contributed by atoms with E-state index in [1.165, 1.54) is 16.7 Å². The summed E-state index contributed by atoms with van der Waals surface area (Å²) in [6.07, 6.45) is 1.13. The number of carbonyl (C=O) groups is 1. The average molecular weight is 294 g/mol. The van der Waals surface area contributed by atoms with Crippen LogP contribution >= 0.6 is 23.1 Å². The van der Waals surface area contributed by atoms with Crippen molar-refractivity contribution in [3.63, 3.8) is 0 Å². The summed E-state index contributed by atoms with van der Waals surface area (Å²) in [5.41, 5.74) is 3.35. The molecule has 0 aliphatic heterocycles. The standard InChI is InChI=1S/C14H18N2OS2/c1-3-9(2)18-8-11-10-6-4-5-7-12(10)19-13(11)14(17)16-15/h4-7,9H,3,8,15H2,1-2H3,(H,16,17). The number of nitrogen functional groups attached to an aromatic ring is 1. The van der Waals surface area contributed by atoms with Gasteiger partial charge in [-0.25, -0.2) is 5.84 Å². The molecule has 0 fully saturated rings. The van der Waals surface area contributed by atoms with Gasteiger partial charge < -0.3 is 0 Å². The molecule has 0 spiro atoms. The van der Waals surface area contributed by atoms with Gasteiger partial charge in [0, 0.05) is 15.7 Å². The zero-order chi connectivity index (χ0) is 13.8. The first-order valence-electron chi connectivity index (χ1n) is 6.30. The SMILES string of the molecule is CCC(C)SCc1c(C(=O)NN)sc2ccccc12. The van der Waals surface area contributed by atoms with Crippen LogP contribution in [0, 0.1) is 0 Å². The second kappa shape index (κ2) is 6.41. The summed E-state index contributed by atoms with van der Waals surface area (Å²) in [6, 6.07) is 8.13. The number of hydrogen-bond acceptors (Lipinski definition) is 4. The molecule has 0 saturated heterocycles. The second-order valence-corrected chi connectivity index (χ2v) is 6.89. The monoisotopic (exact) mass is 294 g/mol. The quantitative estimate of drug-likeness (QED) is 0.504. The molecule has 102 valence electrons. The van der Waals surface area contributed by atoms with Crippen molar-refractivity contribution >= 4 is 39.1 Å². The Morgan fingerprint density at radius 1 is 1.47 bits per heavy atom. The Hall–Kier alpha value is -1.04. The number of hydrogen-bond donors (Lipinski definition) is 2. The first-order chi connectivity index (χ1) is 9.17. The third kappa shape index (κ3) is 3.11. The van der Waals surface area contributed by atoms with E-state index in [0.29, 0.717) is 5.25 Å². The molecular weight excluding hydrogens is 276 g/mol. The number of hydrazine groups is 1. The van der Waals surface area contributed by atoms with E-state index in [2.05, 4.69) is 25.3 Å². The molecule has 1 amide bonds. The predicted octanol–water partition coefficient (Wildman–Crippen LogP) is 3.54. The lowest BCUT2D eigenvalue weighted by Gasteiger charge is -2.09. The molecule has 0 bridgehead atoms. The highest BCUT2D eigenvalue weighted by atomic mass is 32.2. The number of carbonyl (C=O) groups excluding carboxylic acids is 1. The molecule has 1 heterocycles. The molecule has 3 nitrogen and oxygen atoms in total. The fourth-order valence-corrected chi connectivity index (χ4v) is 4.04. The van der Waals surface area contributed by atoms with Gasteiger partial charge in [0.05, 0.1) is 4.88 Å². The maximum atomic E-state index is 11.9. The smallest absolute Gasteiger partial charge is 0.275 e. The number of nitrogens with one attached hydrogen (secondary N) is 1. The summed E-state index contributed by atoms with van der Waals surface area (Å²) in [7, 11) is 0. The fraction of sp³-hybridized carbons (Fsp3) is 0.357. The number of fused-ring (bicyclic) bond motifs is 1. The van der Waals surface area contributed by atoms with Crippen LogP contribution in [-0.2, 0) is 5.75 Å². The van der Waals surface area contributed by atoms with E-state index in [1.807, 2.05) is 30.0 Å². The van der Waals surface area contributed by atoms with Crippen molar-refractivity contribution in [2.24, 2.45) is 5.84 Å². The highest BCUT2D eigenvalue weighted by Crippen LogP contribution is 2.34. The summed E-state index contributed by atoms with van der Waals surface area (Å²) in [5.74, 6) is 5.93. The number of thiophene rings is 1. The summed E-state index contributed by atoms with van der Waals surface area (Å²) < 4.78 is 1.14. The van der Waals surface area contributed by atoms with Gasteiger partial charge in [-0.15, -0.1) is 11.3 Å². The van der Waals surface area contributed by atoms with Crippen LogP contribution in [0.2, 0.25) is 0 Å². The minimum absolute atomic E-state index is 0.194. The molecule has 2 aromatic rings. The van der Waals surface area contributed by atoms with Crippen molar-refractivity contribution in [1.29, 1.82) is 0 Å². The van der Waals surface area contributed by atoms with E-state index in [-0.39, 0.29) is 5.91 Å². The van der Waals surface area contributed by atoms with Gasteiger partial charge in [0.2, 0.25) is 0 Å². The van der Waals surface area contributed by atoms with Crippen LogP contribution in [0.15, 0.2) is 24.3 Å². The highest BCUT2D eigenvalue weighted by molar-refractivity contribution is 7.99. The first-order valence-corrected chi connectivity index (χ1v) is 8.16. The van der Waals surface area contributed by atoms with Gasteiger partial charge in [-0.1, -0.05) is 32.0 Å². The Balaban J connectivity index is 2.39. The van der Waals surface area contributed by atoms with E-state index in [4.69, 9.17) is 5.84 Å². The molecule has 5 heteroatoms. The van der Waals surface area contributed by atoms with Crippen molar-refractivity contribution in [1.82, 2.24) is 5.43 Å². The zero-order valence-corrected chi connectivity index (χ0v) is 12.7. The van der Waals surface area contributed by atoms with Crippen LogP contribution in [-0.4, -0.2) is 11.2 Å². The molecule has 0 saturated carbocycles. The van der Waals surface area contributed by atoms with Gasteiger partial charge in [-0.3, -0.25) is 10.2 Å². The molecule has 0 aliphatic rings. The Kier molecular flexibility index (Phi) is 4.85. The molecule has 0 aliphatic carbocycles. The number of thioether (sulfide) groups is 1. The lowest BCUT2D eigenvalue weighted by Crippen LogP contribution is -2.29. The van der Waals surface area contributed by atoms with Crippen molar-refractivity contribution < 1.29 is 4.79 Å². The summed E-state index contributed by atoms with van der Waals surface area (Å²) in [5, 5.41) is 1.76. The van der Waals surface area contributed by atoms with Gasteiger partial charge in [0.25, 0.3) is 5.91 Å². The number of amides is 1. The summed E-state index contributed by atoms with van der Waals surface area (Å²) in [6.45, 7) is 4.39. The molecule has 3 N–H and O–H groups in total. The second-order valence-electron chi connectivity index (χ2n) is 4.41. The minimum Gasteiger partial charge on any atom is -0.289 e. The Labute approximate surface area is 121 Å². The molecular formula is C14H18N2OS2. The minimum atomic E-state index is -0.194. The summed E-state index contributed by atoms with van der Waals surface area (Å²) >= 11 is 3.39. The number of nitrogens with two attached hydrogens (primary N) is 1. The molecule has 1 atom stereocenters. The van der Waals surface area contributed by atoms with Crippen molar-refractivity contribution in [3.8, 4) is 0 Å². The number of rotatable bonds is 5. The van der Waals surface area contributed by atoms with Crippen LogP contribution in [0.1, 0.15) is 35.5 Å².